The van der Waals surface area contributed by atoms with E-state index < -0.39 is 0 Å². The Labute approximate surface area is 135 Å². The maximum absolute atomic E-state index is 4.47. The molecule has 0 fully saturated rings. The second-order valence-electron chi connectivity index (χ2n) is 5.60. The van der Waals surface area contributed by atoms with E-state index in [2.05, 4.69) is 62.3 Å². The van der Waals surface area contributed by atoms with Gasteiger partial charge < -0.3 is 16.0 Å². The molecule has 116 valence electrons. The summed E-state index contributed by atoms with van der Waals surface area (Å²) in [6.45, 7) is 3.54. The molecule has 0 saturated heterocycles. The quantitative estimate of drug-likeness (QED) is 0.811. The summed E-state index contributed by atoms with van der Waals surface area (Å²) in [5.74, 6) is 1.96. The van der Waals surface area contributed by atoms with Crippen LogP contribution in [0.2, 0.25) is 0 Å². The number of rotatable bonds is 4. The number of nitrogens with zero attached hydrogens (tertiary/aromatic N) is 2. The van der Waals surface area contributed by atoms with Gasteiger partial charge in [-0.15, -0.1) is 0 Å². The summed E-state index contributed by atoms with van der Waals surface area (Å²) in [4.78, 5) is 8.95. The Balaban J connectivity index is 1.56. The number of anilines is 2. The first-order chi connectivity index (χ1) is 11.4. The molecular formula is C18H19N5. The average molecular weight is 305 g/mol. The summed E-state index contributed by atoms with van der Waals surface area (Å²) in [5.41, 5.74) is 4.34. The van der Waals surface area contributed by atoms with Crippen molar-refractivity contribution in [1.29, 1.82) is 0 Å². The van der Waals surface area contributed by atoms with Gasteiger partial charge in [0.1, 0.15) is 11.7 Å². The highest BCUT2D eigenvalue weighted by Gasteiger charge is 2.10. The van der Waals surface area contributed by atoms with Crippen LogP contribution in [0.5, 0.6) is 0 Å². The highest BCUT2D eigenvalue weighted by atomic mass is 15.1. The van der Waals surface area contributed by atoms with Crippen LogP contribution in [0.3, 0.4) is 0 Å². The van der Waals surface area contributed by atoms with Gasteiger partial charge in [-0.25, -0.2) is 0 Å². The van der Waals surface area contributed by atoms with Crippen LogP contribution < -0.4 is 16.0 Å². The monoisotopic (exact) mass is 305 g/mol. The minimum atomic E-state index is 0.851. The van der Waals surface area contributed by atoms with Gasteiger partial charge in [-0.05, 0) is 24.3 Å². The third-order valence-electron chi connectivity index (χ3n) is 3.91. The molecule has 0 radical (unpaired) electrons. The second kappa shape index (κ2) is 6.12. The van der Waals surface area contributed by atoms with E-state index in [1.165, 1.54) is 0 Å². The molecule has 23 heavy (non-hydrogen) atoms. The molecule has 2 aromatic carbocycles. The van der Waals surface area contributed by atoms with Gasteiger partial charge in [0.25, 0.3) is 0 Å². The molecule has 2 aliphatic heterocycles. The normalized spacial score (nSPS) is 16.3. The third-order valence-corrected chi connectivity index (χ3v) is 3.91. The molecule has 0 atom stereocenters. The predicted octanol–water partition coefficient (Wildman–Crippen LogP) is 2.13. The molecule has 2 aromatic rings. The number of aliphatic imine (C=N–C) groups is 2. The van der Waals surface area contributed by atoms with E-state index in [9.17, 15) is 0 Å². The minimum absolute atomic E-state index is 0.851. The minimum Gasteiger partial charge on any atom is -0.368 e. The first-order valence-corrected chi connectivity index (χ1v) is 7.93. The molecule has 0 bridgehead atoms. The molecule has 0 aliphatic carbocycles. The fourth-order valence-electron chi connectivity index (χ4n) is 2.84. The van der Waals surface area contributed by atoms with Crippen LogP contribution in [-0.4, -0.2) is 37.9 Å². The van der Waals surface area contributed by atoms with Crippen molar-refractivity contribution in [3.05, 3.63) is 59.7 Å². The zero-order valence-corrected chi connectivity index (χ0v) is 12.8. The lowest BCUT2D eigenvalue weighted by Crippen LogP contribution is -2.19. The van der Waals surface area contributed by atoms with Gasteiger partial charge in [0.05, 0.1) is 13.1 Å². The standard InChI is InChI=1S/C18H19N5/c1-3-13(17-19-7-8-20-17)11-15(5-1)23-16-6-2-4-14(12-16)18-21-9-10-22-18/h1-6,11-12,23H,7-10H2,(H,19,20)(H,21,22). The Hall–Kier alpha value is -2.82. The lowest BCUT2D eigenvalue weighted by atomic mass is 10.1. The topological polar surface area (TPSA) is 60.8 Å². The maximum atomic E-state index is 4.47. The molecule has 2 heterocycles. The number of hydrogen-bond acceptors (Lipinski definition) is 5. The maximum Gasteiger partial charge on any atom is 0.128 e. The van der Waals surface area contributed by atoms with Crippen molar-refractivity contribution in [3.8, 4) is 0 Å². The van der Waals surface area contributed by atoms with Gasteiger partial charge in [0.2, 0.25) is 0 Å². The molecule has 0 amide bonds. The molecule has 3 N–H and O–H groups in total. The van der Waals surface area contributed by atoms with E-state index in [1.54, 1.807) is 0 Å². The van der Waals surface area contributed by atoms with Crippen LogP contribution in [0.4, 0.5) is 11.4 Å². The van der Waals surface area contributed by atoms with E-state index >= 15 is 0 Å². The highest BCUT2D eigenvalue weighted by Crippen LogP contribution is 2.20. The van der Waals surface area contributed by atoms with Crippen LogP contribution in [0.15, 0.2) is 58.5 Å². The summed E-state index contributed by atoms with van der Waals surface area (Å²) in [7, 11) is 0. The molecular weight excluding hydrogens is 286 g/mol. The van der Waals surface area contributed by atoms with Crippen LogP contribution in [0, 0.1) is 0 Å². The molecule has 5 heteroatoms. The first kappa shape index (κ1) is 13.8. The molecule has 0 aromatic heterocycles. The molecule has 0 unspecified atom stereocenters. The molecule has 4 rings (SSSR count). The summed E-state index contributed by atoms with van der Waals surface area (Å²) in [6.07, 6.45) is 0. The summed E-state index contributed by atoms with van der Waals surface area (Å²) in [6, 6.07) is 16.6. The molecule has 0 spiro atoms. The van der Waals surface area contributed by atoms with Crippen molar-refractivity contribution in [2.75, 3.05) is 31.5 Å². The SMILES string of the molecule is c1cc(Nc2cccc(C3=NCCN3)c2)cc(C2=NCCN2)c1. The summed E-state index contributed by atoms with van der Waals surface area (Å²) >= 11 is 0. The Kier molecular flexibility index (Phi) is 3.68. The van der Waals surface area contributed by atoms with Gasteiger partial charge in [0, 0.05) is 35.6 Å². The van der Waals surface area contributed by atoms with Crippen molar-refractivity contribution < 1.29 is 0 Å². The van der Waals surface area contributed by atoms with Crippen LogP contribution in [0.25, 0.3) is 0 Å². The lowest BCUT2D eigenvalue weighted by Gasteiger charge is -2.10. The smallest absolute Gasteiger partial charge is 0.128 e. The van der Waals surface area contributed by atoms with Crippen LogP contribution >= 0.6 is 0 Å². The fourth-order valence-corrected chi connectivity index (χ4v) is 2.84. The number of benzene rings is 2. The Bertz CT molecular complexity index is 713. The van der Waals surface area contributed by atoms with Gasteiger partial charge in [-0.3, -0.25) is 9.98 Å². The van der Waals surface area contributed by atoms with Crippen molar-refractivity contribution in [1.82, 2.24) is 10.6 Å². The fraction of sp³-hybridized carbons (Fsp3) is 0.222. The second-order valence-corrected chi connectivity index (χ2v) is 5.60. The molecule has 2 aliphatic rings. The zero-order chi connectivity index (χ0) is 15.5. The highest BCUT2D eigenvalue weighted by molar-refractivity contribution is 6.01. The predicted molar refractivity (Wildman–Crippen MR) is 95.0 cm³/mol. The largest absolute Gasteiger partial charge is 0.368 e. The van der Waals surface area contributed by atoms with E-state index in [-0.39, 0.29) is 0 Å². The van der Waals surface area contributed by atoms with Crippen molar-refractivity contribution in [2.45, 2.75) is 0 Å². The molecule has 5 nitrogen and oxygen atoms in total. The van der Waals surface area contributed by atoms with Crippen LogP contribution in [0.1, 0.15) is 11.1 Å². The van der Waals surface area contributed by atoms with E-state index in [0.717, 1.165) is 60.4 Å². The van der Waals surface area contributed by atoms with Gasteiger partial charge in [-0.2, -0.15) is 0 Å². The number of nitrogens with one attached hydrogen (secondary N) is 3. The summed E-state index contributed by atoms with van der Waals surface area (Å²) in [5, 5.41) is 10.1. The van der Waals surface area contributed by atoms with Crippen molar-refractivity contribution >= 4 is 23.0 Å². The Morgan fingerprint density at radius 2 is 1.26 bits per heavy atom. The van der Waals surface area contributed by atoms with E-state index in [0.29, 0.717) is 0 Å². The van der Waals surface area contributed by atoms with Gasteiger partial charge >= 0.3 is 0 Å². The van der Waals surface area contributed by atoms with Crippen molar-refractivity contribution in [3.63, 3.8) is 0 Å². The zero-order valence-electron chi connectivity index (χ0n) is 12.8. The van der Waals surface area contributed by atoms with E-state index in [1.807, 2.05) is 12.1 Å². The average Bonchev–Trinajstić information content (AvgIpc) is 3.29. The summed E-state index contributed by atoms with van der Waals surface area (Å²) < 4.78 is 0. The number of amidine groups is 2. The number of hydrogen-bond donors (Lipinski definition) is 3. The Morgan fingerprint density at radius 3 is 1.70 bits per heavy atom. The Morgan fingerprint density at radius 1 is 0.739 bits per heavy atom. The van der Waals surface area contributed by atoms with Crippen molar-refractivity contribution in [2.24, 2.45) is 9.98 Å². The lowest BCUT2D eigenvalue weighted by molar-refractivity contribution is 0.960. The van der Waals surface area contributed by atoms with E-state index in [4.69, 9.17) is 0 Å². The molecule has 0 saturated carbocycles. The van der Waals surface area contributed by atoms with Gasteiger partial charge in [0.15, 0.2) is 0 Å². The van der Waals surface area contributed by atoms with Gasteiger partial charge in [-0.1, -0.05) is 24.3 Å². The third kappa shape index (κ3) is 3.04. The first-order valence-electron chi connectivity index (χ1n) is 7.93. The van der Waals surface area contributed by atoms with Crippen LogP contribution in [-0.2, 0) is 0 Å².